The Morgan fingerprint density at radius 1 is 1.20 bits per heavy atom. The lowest BCUT2D eigenvalue weighted by molar-refractivity contribution is 0.223. The third-order valence-corrected chi connectivity index (χ3v) is 3.64. The Hall–Kier alpha value is -1.32. The molecular formula is C16H29N3O. The Labute approximate surface area is 123 Å². The van der Waals surface area contributed by atoms with E-state index < -0.39 is 0 Å². The molecule has 0 aromatic carbocycles. The van der Waals surface area contributed by atoms with Gasteiger partial charge in [0.1, 0.15) is 12.1 Å². The minimum atomic E-state index is 0.623. The molecule has 0 aliphatic rings. The first-order chi connectivity index (χ1) is 9.76. The van der Waals surface area contributed by atoms with Crippen LogP contribution in [0.25, 0.3) is 0 Å². The van der Waals surface area contributed by atoms with Crippen LogP contribution < -0.4 is 10.1 Å². The summed E-state index contributed by atoms with van der Waals surface area (Å²) in [6, 6.07) is 0. The molecule has 4 nitrogen and oxygen atoms in total. The van der Waals surface area contributed by atoms with Gasteiger partial charge in [-0.05, 0) is 18.8 Å². The molecule has 0 aliphatic carbocycles. The lowest BCUT2D eigenvalue weighted by Crippen LogP contribution is -2.14. The summed E-state index contributed by atoms with van der Waals surface area (Å²) in [7, 11) is 1.89. The van der Waals surface area contributed by atoms with Crippen molar-refractivity contribution in [1.29, 1.82) is 0 Å². The fraction of sp³-hybridized carbons (Fsp3) is 0.750. The van der Waals surface area contributed by atoms with E-state index in [-0.39, 0.29) is 0 Å². The third-order valence-electron chi connectivity index (χ3n) is 3.64. The lowest BCUT2D eigenvalue weighted by atomic mass is 10.0. The predicted octanol–water partition coefficient (Wildman–Crippen LogP) is 4.07. The van der Waals surface area contributed by atoms with Gasteiger partial charge in [0.25, 0.3) is 0 Å². The molecule has 1 atom stereocenters. The summed E-state index contributed by atoms with van der Waals surface area (Å²) in [6.07, 6.45) is 8.49. The molecule has 0 saturated heterocycles. The van der Waals surface area contributed by atoms with Crippen LogP contribution in [0.3, 0.4) is 0 Å². The molecule has 0 fully saturated rings. The number of nitrogens with zero attached hydrogens (tertiary/aromatic N) is 2. The first-order valence-corrected chi connectivity index (χ1v) is 7.91. The predicted molar refractivity (Wildman–Crippen MR) is 84.4 cm³/mol. The van der Waals surface area contributed by atoms with Gasteiger partial charge in [-0.1, -0.05) is 46.5 Å². The van der Waals surface area contributed by atoms with E-state index in [1.165, 1.54) is 19.3 Å². The first-order valence-electron chi connectivity index (χ1n) is 7.91. The molecule has 4 heteroatoms. The number of rotatable bonds is 10. The van der Waals surface area contributed by atoms with E-state index >= 15 is 0 Å². The van der Waals surface area contributed by atoms with Gasteiger partial charge in [0.15, 0.2) is 0 Å². The van der Waals surface area contributed by atoms with E-state index in [9.17, 15) is 0 Å². The molecule has 1 rings (SSSR count). The van der Waals surface area contributed by atoms with Crippen LogP contribution in [0.5, 0.6) is 5.88 Å². The number of anilines is 1. The van der Waals surface area contributed by atoms with Crippen molar-refractivity contribution in [2.45, 2.75) is 59.3 Å². The maximum absolute atomic E-state index is 5.99. The second-order valence-corrected chi connectivity index (χ2v) is 5.23. The number of nitrogens with one attached hydrogen (secondary N) is 1. The van der Waals surface area contributed by atoms with Gasteiger partial charge in [-0.3, -0.25) is 0 Å². The normalized spacial score (nSPS) is 12.2. The van der Waals surface area contributed by atoms with Crippen molar-refractivity contribution in [3.8, 4) is 5.88 Å². The number of aromatic nitrogens is 2. The average molecular weight is 279 g/mol. The van der Waals surface area contributed by atoms with Crippen LogP contribution in [0.4, 0.5) is 5.82 Å². The Morgan fingerprint density at radius 2 is 2.00 bits per heavy atom. The number of ether oxygens (including phenoxy) is 1. The highest BCUT2D eigenvalue weighted by Crippen LogP contribution is 2.24. The summed E-state index contributed by atoms with van der Waals surface area (Å²) in [4.78, 5) is 8.59. The summed E-state index contributed by atoms with van der Waals surface area (Å²) in [5, 5.41) is 3.13. The second kappa shape index (κ2) is 9.56. The van der Waals surface area contributed by atoms with Crippen molar-refractivity contribution < 1.29 is 4.74 Å². The molecule has 20 heavy (non-hydrogen) atoms. The minimum absolute atomic E-state index is 0.623. The van der Waals surface area contributed by atoms with E-state index in [0.29, 0.717) is 5.92 Å². The Kier molecular flexibility index (Phi) is 8.00. The van der Waals surface area contributed by atoms with Crippen LogP contribution in [0.1, 0.15) is 58.4 Å². The standard InChI is InChI=1S/C16H29N3O/c1-5-8-10-13(7-3)11-20-16-14(9-6-2)15(17-4)18-12-19-16/h12-13H,5-11H2,1-4H3,(H,17,18,19). The van der Waals surface area contributed by atoms with Gasteiger partial charge in [-0.15, -0.1) is 0 Å². The smallest absolute Gasteiger partial charge is 0.221 e. The van der Waals surface area contributed by atoms with Crippen LogP contribution in [0.15, 0.2) is 6.33 Å². The van der Waals surface area contributed by atoms with E-state index in [2.05, 4.69) is 36.1 Å². The number of hydrogen-bond donors (Lipinski definition) is 1. The van der Waals surface area contributed by atoms with Gasteiger partial charge < -0.3 is 10.1 Å². The second-order valence-electron chi connectivity index (χ2n) is 5.23. The van der Waals surface area contributed by atoms with Crippen molar-refractivity contribution >= 4 is 5.82 Å². The summed E-state index contributed by atoms with van der Waals surface area (Å²) in [5.41, 5.74) is 1.10. The molecule has 0 aliphatic heterocycles. The Balaban J connectivity index is 2.70. The van der Waals surface area contributed by atoms with E-state index in [0.717, 1.165) is 43.1 Å². The van der Waals surface area contributed by atoms with Crippen LogP contribution in [0.2, 0.25) is 0 Å². The molecular weight excluding hydrogens is 250 g/mol. The fourth-order valence-corrected chi connectivity index (χ4v) is 2.31. The molecule has 1 aromatic heterocycles. The molecule has 0 saturated carbocycles. The van der Waals surface area contributed by atoms with Crippen LogP contribution in [0, 0.1) is 5.92 Å². The quantitative estimate of drug-likeness (QED) is 0.701. The van der Waals surface area contributed by atoms with Crippen molar-refractivity contribution in [1.82, 2.24) is 9.97 Å². The van der Waals surface area contributed by atoms with Crippen LogP contribution >= 0.6 is 0 Å². The zero-order chi connectivity index (χ0) is 14.8. The highest BCUT2D eigenvalue weighted by Gasteiger charge is 2.13. The molecule has 0 bridgehead atoms. The fourth-order valence-electron chi connectivity index (χ4n) is 2.31. The highest BCUT2D eigenvalue weighted by molar-refractivity contribution is 5.48. The first kappa shape index (κ1) is 16.7. The monoisotopic (exact) mass is 279 g/mol. The SMILES string of the molecule is CCCCC(CC)COc1ncnc(NC)c1CCC. The van der Waals surface area contributed by atoms with Crippen molar-refractivity contribution in [2.75, 3.05) is 19.0 Å². The van der Waals surface area contributed by atoms with Gasteiger partial charge in [0.2, 0.25) is 5.88 Å². The van der Waals surface area contributed by atoms with E-state index in [1.54, 1.807) is 6.33 Å². The van der Waals surface area contributed by atoms with Gasteiger partial charge >= 0.3 is 0 Å². The minimum Gasteiger partial charge on any atom is -0.477 e. The molecule has 1 N–H and O–H groups in total. The molecule has 0 spiro atoms. The van der Waals surface area contributed by atoms with Gasteiger partial charge in [0.05, 0.1) is 12.2 Å². The number of unbranched alkanes of at least 4 members (excludes halogenated alkanes) is 1. The van der Waals surface area contributed by atoms with Crippen molar-refractivity contribution in [2.24, 2.45) is 5.92 Å². The maximum atomic E-state index is 5.99. The third kappa shape index (κ3) is 4.99. The summed E-state index contributed by atoms with van der Waals surface area (Å²) < 4.78 is 5.99. The zero-order valence-electron chi connectivity index (χ0n) is 13.4. The van der Waals surface area contributed by atoms with Gasteiger partial charge in [-0.2, -0.15) is 0 Å². The van der Waals surface area contributed by atoms with Crippen molar-refractivity contribution in [3.05, 3.63) is 11.9 Å². The molecule has 1 unspecified atom stereocenters. The van der Waals surface area contributed by atoms with Crippen LogP contribution in [-0.4, -0.2) is 23.6 Å². The Morgan fingerprint density at radius 3 is 2.60 bits per heavy atom. The van der Waals surface area contributed by atoms with Crippen molar-refractivity contribution in [3.63, 3.8) is 0 Å². The lowest BCUT2D eigenvalue weighted by Gasteiger charge is -2.17. The molecule has 0 amide bonds. The van der Waals surface area contributed by atoms with Gasteiger partial charge in [-0.25, -0.2) is 9.97 Å². The van der Waals surface area contributed by atoms with Gasteiger partial charge in [0, 0.05) is 7.05 Å². The molecule has 1 heterocycles. The largest absolute Gasteiger partial charge is 0.477 e. The summed E-state index contributed by atoms with van der Waals surface area (Å²) >= 11 is 0. The zero-order valence-corrected chi connectivity index (χ0v) is 13.4. The average Bonchev–Trinajstić information content (AvgIpc) is 2.48. The van der Waals surface area contributed by atoms with Crippen LogP contribution in [-0.2, 0) is 6.42 Å². The topological polar surface area (TPSA) is 47.0 Å². The molecule has 114 valence electrons. The summed E-state index contributed by atoms with van der Waals surface area (Å²) in [6.45, 7) is 7.38. The maximum Gasteiger partial charge on any atom is 0.221 e. The number of hydrogen-bond acceptors (Lipinski definition) is 4. The van der Waals surface area contributed by atoms with E-state index in [4.69, 9.17) is 4.74 Å². The molecule has 1 aromatic rings. The summed E-state index contributed by atoms with van der Waals surface area (Å²) in [5.74, 6) is 2.26. The van der Waals surface area contributed by atoms with E-state index in [1.807, 2.05) is 7.05 Å². The Bertz CT molecular complexity index is 382. The molecule has 0 radical (unpaired) electrons. The highest BCUT2D eigenvalue weighted by atomic mass is 16.5.